The van der Waals surface area contributed by atoms with E-state index in [2.05, 4.69) is 44.7 Å². The highest BCUT2D eigenvalue weighted by Gasteiger charge is 2.39. The SMILES string of the molecule is CC1CN(CC2CCCC(C)(C)C2=O)CC1N(C)C. The molecule has 1 saturated heterocycles. The first-order valence-corrected chi connectivity index (χ1v) is 7.74. The van der Waals surface area contributed by atoms with E-state index in [1.807, 2.05) is 0 Å². The molecule has 110 valence electrons. The van der Waals surface area contributed by atoms with Crippen LogP contribution in [-0.2, 0) is 4.79 Å². The minimum Gasteiger partial charge on any atom is -0.305 e. The molecule has 0 spiro atoms. The Morgan fingerprint density at radius 1 is 1.32 bits per heavy atom. The van der Waals surface area contributed by atoms with Crippen LogP contribution in [0.4, 0.5) is 0 Å². The number of carbonyl (C=O) groups is 1. The van der Waals surface area contributed by atoms with E-state index in [0.29, 0.717) is 17.7 Å². The van der Waals surface area contributed by atoms with Crippen molar-refractivity contribution in [1.82, 2.24) is 9.80 Å². The molecule has 1 aliphatic carbocycles. The van der Waals surface area contributed by atoms with Gasteiger partial charge in [0.2, 0.25) is 0 Å². The summed E-state index contributed by atoms with van der Waals surface area (Å²) in [6, 6.07) is 0.645. The second-order valence-corrected chi connectivity index (χ2v) is 7.56. The highest BCUT2D eigenvalue weighted by atomic mass is 16.1. The normalized spacial score (nSPS) is 36.1. The molecule has 3 atom stereocenters. The van der Waals surface area contributed by atoms with Gasteiger partial charge < -0.3 is 9.80 Å². The first-order valence-electron chi connectivity index (χ1n) is 7.74. The van der Waals surface area contributed by atoms with E-state index in [0.717, 1.165) is 32.5 Å². The summed E-state index contributed by atoms with van der Waals surface area (Å²) in [6.07, 6.45) is 3.38. The molecule has 1 aliphatic heterocycles. The molecule has 0 aromatic rings. The number of carbonyl (C=O) groups excluding carboxylic acids is 1. The molecule has 1 heterocycles. The van der Waals surface area contributed by atoms with E-state index in [9.17, 15) is 4.79 Å². The molecule has 0 radical (unpaired) electrons. The number of Topliss-reactive ketones (excluding diaryl/α,β-unsaturated/α-hetero) is 1. The number of likely N-dealkylation sites (N-methyl/N-ethyl adjacent to an activating group) is 1. The molecule has 2 aliphatic rings. The van der Waals surface area contributed by atoms with Crippen LogP contribution in [0.25, 0.3) is 0 Å². The van der Waals surface area contributed by atoms with Crippen LogP contribution in [0.1, 0.15) is 40.0 Å². The maximum Gasteiger partial charge on any atom is 0.142 e. The third kappa shape index (κ3) is 3.19. The minimum atomic E-state index is -0.0881. The van der Waals surface area contributed by atoms with E-state index in [-0.39, 0.29) is 11.3 Å². The number of rotatable bonds is 3. The predicted molar refractivity (Wildman–Crippen MR) is 79.2 cm³/mol. The van der Waals surface area contributed by atoms with Crippen molar-refractivity contribution in [1.29, 1.82) is 0 Å². The average Bonchev–Trinajstić information content (AvgIpc) is 2.66. The number of nitrogens with zero attached hydrogens (tertiary/aromatic N) is 2. The van der Waals surface area contributed by atoms with E-state index >= 15 is 0 Å². The van der Waals surface area contributed by atoms with Crippen molar-refractivity contribution in [3.8, 4) is 0 Å². The van der Waals surface area contributed by atoms with Crippen molar-refractivity contribution >= 4 is 5.78 Å². The lowest BCUT2D eigenvalue weighted by Crippen LogP contribution is -2.42. The minimum absolute atomic E-state index is 0.0881. The van der Waals surface area contributed by atoms with E-state index in [1.54, 1.807) is 0 Å². The Labute approximate surface area is 118 Å². The van der Waals surface area contributed by atoms with Crippen LogP contribution in [0, 0.1) is 17.3 Å². The molecule has 19 heavy (non-hydrogen) atoms. The molecule has 0 aromatic carbocycles. The van der Waals surface area contributed by atoms with Crippen molar-refractivity contribution in [2.75, 3.05) is 33.7 Å². The van der Waals surface area contributed by atoms with Crippen LogP contribution in [0.5, 0.6) is 0 Å². The second kappa shape index (κ2) is 5.53. The van der Waals surface area contributed by atoms with Gasteiger partial charge in [-0.3, -0.25) is 4.79 Å². The van der Waals surface area contributed by atoms with Gasteiger partial charge in [0.15, 0.2) is 0 Å². The van der Waals surface area contributed by atoms with Crippen LogP contribution in [0.15, 0.2) is 0 Å². The summed E-state index contributed by atoms with van der Waals surface area (Å²) in [4.78, 5) is 17.3. The van der Waals surface area contributed by atoms with Gasteiger partial charge in [0.1, 0.15) is 5.78 Å². The van der Waals surface area contributed by atoms with Gasteiger partial charge in [0.25, 0.3) is 0 Å². The second-order valence-electron chi connectivity index (χ2n) is 7.56. The first-order chi connectivity index (χ1) is 8.81. The zero-order chi connectivity index (χ0) is 14.2. The Kier molecular flexibility index (Phi) is 4.36. The Balaban J connectivity index is 1.94. The monoisotopic (exact) mass is 266 g/mol. The smallest absolute Gasteiger partial charge is 0.142 e. The molecule has 1 saturated carbocycles. The lowest BCUT2D eigenvalue weighted by molar-refractivity contribution is -0.134. The summed E-state index contributed by atoms with van der Waals surface area (Å²) in [5, 5.41) is 0. The number of hydrogen-bond acceptors (Lipinski definition) is 3. The fourth-order valence-electron chi connectivity index (χ4n) is 3.95. The fourth-order valence-corrected chi connectivity index (χ4v) is 3.95. The van der Waals surface area contributed by atoms with Gasteiger partial charge in [-0.1, -0.05) is 27.2 Å². The van der Waals surface area contributed by atoms with Crippen molar-refractivity contribution in [3.05, 3.63) is 0 Å². The first kappa shape index (κ1) is 15.0. The topological polar surface area (TPSA) is 23.6 Å². The third-order valence-corrected chi connectivity index (χ3v) is 5.18. The highest BCUT2D eigenvalue weighted by molar-refractivity contribution is 5.87. The molecular formula is C16H30N2O. The third-order valence-electron chi connectivity index (χ3n) is 5.18. The molecule has 0 N–H and O–H groups in total. The van der Waals surface area contributed by atoms with Gasteiger partial charge in [0, 0.05) is 37.0 Å². The summed E-state index contributed by atoms with van der Waals surface area (Å²) >= 11 is 0. The zero-order valence-electron chi connectivity index (χ0n) is 13.3. The lowest BCUT2D eigenvalue weighted by atomic mass is 9.71. The quantitative estimate of drug-likeness (QED) is 0.783. The van der Waals surface area contributed by atoms with Crippen LogP contribution >= 0.6 is 0 Å². The molecule has 0 aromatic heterocycles. The maximum absolute atomic E-state index is 12.5. The Hall–Kier alpha value is -0.410. The standard InChI is InChI=1S/C16H30N2O/c1-12-9-18(11-14(12)17(4)5)10-13-7-6-8-16(2,3)15(13)19/h12-14H,6-11H2,1-5H3. The van der Waals surface area contributed by atoms with Gasteiger partial charge in [-0.2, -0.15) is 0 Å². The number of ketones is 1. The van der Waals surface area contributed by atoms with Crippen LogP contribution in [0.3, 0.4) is 0 Å². The Morgan fingerprint density at radius 2 is 2.00 bits per heavy atom. The molecule has 0 bridgehead atoms. The predicted octanol–water partition coefficient (Wildman–Crippen LogP) is 2.26. The Morgan fingerprint density at radius 3 is 2.58 bits per heavy atom. The van der Waals surface area contributed by atoms with E-state index in [1.165, 1.54) is 6.42 Å². The fraction of sp³-hybridized carbons (Fsp3) is 0.938. The molecule has 0 amide bonds. The van der Waals surface area contributed by atoms with Crippen LogP contribution in [0.2, 0.25) is 0 Å². The molecule has 3 unspecified atom stereocenters. The van der Waals surface area contributed by atoms with Crippen LogP contribution in [-0.4, -0.2) is 55.4 Å². The maximum atomic E-state index is 12.5. The van der Waals surface area contributed by atoms with Crippen molar-refractivity contribution in [2.45, 2.75) is 46.1 Å². The molecule has 2 rings (SSSR count). The molecule has 3 nitrogen and oxygen atoms in total. The van der Waals surface area contributed by atoms with E-state index < -0.39 is 0 Å². The van der Waals surface area contributed by atoms with Gasteiger partial charge in [0.05, 0.1) is 0 Å². The van der Waals surface area contributed by atoms with Gasteiger partial charge in [-0.15, -0.1) is 0 Å². The zero-order valence-corrected chi connectivity index (χ0v) is 13.3. The van der Waals surface area contributed by atoms with E-state index in [4.69, 9.17) is 0 Å². The summed E-state index contributed by atoms with van der Waals surface area (Å²) in [6.45, 7) is 9.83. The van der Waals surface area contributed by atoms with Crippen molar-refractivity contribution in [3.63, 3.8) is 0 Å². The summed E-state index contributed by atoms with van der Waals surface area (Å²) in [7, 11) is 4.33. The van der Waals surface area contributed by atoms with Crippen molar-refractivity contribution in [2.24, 2.45) is 17.3 Å². The average molecular weight is 266 g/mol. The van der Waals surface area contributed by atoms with Gasteiger partial charge >= 0.3 is 0 Å². The lowest BCUT2D eigenvalue weighted by Gasteiger charge is -2.35. The summed E-state index contributed by atoms with van der Waals surface area (Å²) in [5.74, 6) is 1.48. The largest absolute Gasteiger partial charge is 0.305 e. The Bertz CT molecular complexity index is 338. The number of likely N-dealkylation sites (tertiary alicyclic amines) is 1. The van der Waals surface area contributed by atoms with Crippen molar-refractivity contribution < 1.29 is 4.79 Å². The molecular weight excluding hydrogens is 236 g/mol. The van der Waals surface area contributed by atoms with Crippen LogP contribution < -0.4 is 0 Å². The van der Waals surface area contributed by atoms with Gasteiger partial charge in [-0.25, -0.2) is 0 Å². The summed E-state index contributed by atoms with van der Waals surface area (Å²) in [5.41, 5.74) is -0.0881. The van der Waals surface area contributed by atoms with Gasteiger partial charge in [-0.05, 0) is 32.9 Å². The highest BCUT2D eigenvalue weighted by Crippen LogP contribution is 2.36. The molecule has 3 heteroatoms. The number of hydrogen-bond donors (Lipinski definition) is 0. The summed E-state index contributed by atoms with van der Waals surface area (Å²) < 4.78 is 0. The molecule has 2 fully saturated rings.